The summed E-state index contributed by atoms with van der Waals surface area (Å²) in [4.78, 5) is 29.7. The van der Waals surface area contributed by atoms with Crippen LogP contribution in [0.1, 0.15) is 72.5 Å². The zero-order chi connectivity index (χ0) is 27.3. The van der Waals surface area contributed by atoms with Crippen LogP contribution in [0.15, 0.2) is 42.6 Å². The normalized spacial score (nSPS) is 13.9. The lowest BCUT2D eigenvalue weighted by Crippen LogP contribution is -2.31. The number of fused-ring (bicyclic) bond motifs is 1. The number of nitrogens with zero attached hydrogens (tertiary/aromatic N) is 3. The maximum absolute atomic E-state index is 13.4. The molecule has 202 valence electrons. The van der Waals surface area contributed by atoms with Crippen molar-refractivity contribution in [3.8, 4) is 0 Å². The number of rotatable bonds is 10. The number of aliphatic carboxylic acids is 1. The SMILES string of the molecule is CC(C)(C)OCc1c(C(=O)NC(CC(=O)O)c2cccc(Cl)c2)cnn1CCc1ccc2c(n1)NCCC2. The van der Waals surface area contributed by atoms with Crippen LogP contribution in [0.25, 0.3) is 0 Å². The van der Waals surface area contributed by atoms with Crippen LogP contribution in [0.2, 0.25) is 5.02 Å². The van der Waals surface area contributed by atoms with Crippen molar-refractivity contribution in [1.29, 1.82) is 0 Å². The Morgan fingerprint density at radius 1 is 1.26 bits per heavy atom. The summed E-state index contributed by atoms with van der Waals surface area (Å²) < 4.78 is 7.79. The number of halogens is 1. The van der Waals surface area contributed by atoms with Crippen LogP contribution in [0, 0.1) is 0 Å². The Hall–Kier alpha value is -3.43. The number of aryl methyl sites for hydroxylation is 3. The maximum atomic E-state index is 13.4. The van der Waals surface area contributed by atoms with E-state index in [1.54, 1.807) is 28.9 Å². The quantitative estimate of drug-likeness (QED) is 0.339. The first-order valence-electron chi connectivity index (χ1n) is 12.8. The Kier molecular flexibility index (Phi) is 8.69. The lowest BCUT2D eigenvalue weighted by Gasteiger charge is -2.21. The molecule has 38 heavy (non-hydrogen) atoms. The summed E-state index contributed by atoms with van der Waals surface area (Å²) in [6.07, 6.45) is 3.98. The Balaban J connectivity index is 1.55. The molecule has 0 bridgehead atoms. The van der Waals surface area contributed by atoms with Crippen LogP contribution in [0.4, 0.5) is 5.82 Å². The first-order chi connectivity index (χ1) is 18.1. The molecule has 1 amide bonds. The molecule has 0 aliphatic carbocycles. The third kappa shape index (κ3) is 7.33. The van der Waals surface area contributed by atoms with E-state index < -0.39 is 23.5 Å². The molecule has 1 atom stereocenters. The molecule has 4 rings (SSSR count). The fourth-order valence-corrected chi connectivity index (χ4v) is 4.54. The van der Waals surface area contributed by atoms with E-state index in [4.69, 9.17) is 21.3 Å². The van der Waals surface area contributed by atoms with Crippen molar-refractivity contribution in [3.63, 3.8) is 0 Å². The van der Waals surface area contributed by atoms with Crippen molar-refractivity contribution in [3.05, 3.63) is 75.7 Å². The largest absolute Gasteiger partial charge is 0.481 e. The summed E-state index contributed by atoms with van der Waals surface area (Å²) in [5.41, 5.74) is 3.31. The topological polar surface area (TPSA) is 118 Å². The van der Waals surface area contributed by atoms with E-state index in [1.165, 1.54) is 11.8 Å². The van der Waals surface area contributed by atoms with Gasteiger partial charge in [-0.25, -0.2) is 4.98 Å². The van der Waals surface area contributed by atoms with Gasteiger partial charge < -0.3 is 20.5 Å². The van der Waals surface area contributed by atoms with Gasteiger partial charge in [-0.1, -0.05) is 29.8 Å². The Morgan fingerprint density at radius 3 is 2.82 bits per heavy atom. The predicted octanol–water partition coefficient (Wildman–Crippen LogP) is 4.79. The molecule has 1 aromatic carbocycles. The highest BCUT2D eigenvalue weighted by Gasteiger charge is 2.25. The molecule has 0 saturated carbocycles. The monoisotopic (exact) mass is 539 g/mol. The number of aromatic nitrogens is 3. The highest BCUT2D eigenvalue weighted by atomic mass is 35.5. The van der Waals surface area contributed by atoms with Crippen LogP contribution in [-0.2, 0) is 35.5 Å². The molecule has 1 unspecified atom stereocenters. The first-order valence-corrected chi connectivity index (χ1v) is 13.2. The summed E-state index contributed by atoms with van der Waals surface area (Å²) in [6, 6.07) is 10.2. The standard InChI is InChI=1S/C28H34ClN5O4/c1-28(2,3)38-17-24-22(27(37)33-23(15-25(35)36)19-6-4-8-20(29)14-19)16-31-34(24)13-11-21-10-9-18-7-5-12-30-26(18)32-21/h4,6,8-10,14,16,23H,5,7,11-13,15,17H2,1-3H3,(H,30,32)(H,33,37)(H,35,36). The van der Waals surface area contributed by atoms with Gasteiger partial charge in [0.2, 0.25) is 0 Å². The minimum atomic E-state index is -1.03. The third-order valence-corrected chi connectivity index (χ3v) is 6.54. The lowest BCUT2D eigenvalue weighted by atomic mass is 10.0. The molecular formula is C28H34ClN5O4. The average molecular weight is 540 g/mol. The van der Waals surface area contributed by atoms with Gasteiger partial charge in [-0.15, -0.1) is 0 Å². The van der Waals surface area contributed by atoms with Crippen molar-refractivity contribution >= 4 is 29.3 Å². The molecule has 1 aliphatic heterocycles. The lowest BCUT2D eigenvalue weighted by molar-refractivity contribution is -0.137. The molecule has 0 radical (unpaired) electrons. The van der Waals surface area contributed by atoms with Crippen molar-refractivity contribution < 1.29 is 19.4 Å². The zero-order valence-electron chi connectivity index (χ0n) is 22.0. The fourth-order valence-electron chi connectivity index (χ4n) is 4.34. The number of carbonyl (C=O) groups is 2. The summed E-state index contributed by atoms with van der Waals surface area (Å²) in [5, 5.41) is 20.6. The van der Waals surface area contributed by atoms with Crippen molar-refractivity contribution in [2.75, 3.05) is 11.9 Å². The first kappa shape index (κ1) is 27.6. The van der Waals surface area contributed by atoms with E-state index in [9.17, 15) is 14.7 Å². The molecule has 0 spiro atoms. The number of anilines is 1. The van der Waals surface area contributed by atoms with Gasteiger partial charge in [0.1, 0.15) is 5.82 Å². The molecule has 2 aromatic heterocycles. The Labute approximate surface area is 227 Å². The van der Waals surface area contributed by atoms with E-state index >= 15 is 0 Å². The van der Waals surface area contributed by atoms with Gasteiger partial charge in [-0.05, 0) is 62.9 Å². The molecule has 3 N–H and O–H groups in total. The van der Waals surface area contributed by atoms with E-state index in [0.717, 1.165) is 30.9 Å². The van der Waals surface area contributed by atoms with Gasteiger partial charge in [0.15, 0.2) is 0 Å². The summed E-state index contributed by atoms with van der Waals surface area (Å²) in [6.45, 7) is 7.44. The number of carbonyl (C=O) groups excluding carboxylic acids is 1. The molecule has 3 aromatic rings. The van der Waals surface area contributed by atoms with Crippen molar-refractivity contribution in [1.82, 2.24) is 20.1 Å². The molecule has 10 heteroatoms. The Morgan fingerprint density at radius 2 is 2.08 bits per heavy atom. The van der Waals surface area contributed by atoms with Gasteiger partial charge in [0.05, 0.1) is 42.1 Å². The highest BCUT2D eigenvalue weighted by molar-refractivity contribution is 6.30. The number of amides is 1. The smallest absolute Gasteiger partial charge is 0.305 e. The number of carboxylic acid groups (broad SMARTS) is 1. The number of carboxylic acids is 1. The second-order valence-electron chi connectivity index (χ2n) is 10.4. The van der Waals surface area contributed by atoms with Crippen LogP contribution in [0.3, 0.4) is 0 Å². The van der Waals surface area contributed by atoms with Crippen LogP contribution >= 0.6 is 11.6 Å². The number of hydrogen-bond acceptors (Lipinski definition) is 6. The zero-order valence-corrected chi connectivity index (χ0v) is 22.7. The van der Waals surface area contributed by atoms with Crippen LogP contribution in [0.5, 0.6) is 0 Å². The average Bonchev–Trinajstić information content (AvgIpc) is 3.28. The highest BCUT2D eigenvalue weighted by Crippen LogP contribution is 2.24. The maximum Gasteiger partial charge on any atom is 0.305 e. The Bertz CT molecular complexity index is 1300. The van der Waals surface area contributed by atoms with Gasteiger partial charge >= 0.3 is 5.97 Å². The molecule has 0 fully saturated rings. The number of hydrogen-bond donors (Lipinski definition) is 3. The molecule has 3 heterocycles. The van der Waals surface area contributed by atoms with Gasteiger partial charge in [0, 0.05) is 30.2 Å². The summed E-state index contributed by atoms with van der Waals surface area (Å²) >= 11 is 6.12. The van der Waals surface area contributed by atoms with E-state index in [1.807, 2.05) is 26.8 Å². The molecular weight excluding hydrogens is 506 g/mol. The molecule has 0 saturated heterocycles. The summed E-state index contributed by atoms with van der Waals surface area (Å²) in [7, 11) is 0. The molecule has 9 nitrogen and oxygen atoms in total. The minimum Gasteiger partial charge on any atom is -0.481 e. The third-order valence-electron chi connectivity index (χ3n) is 6.30. The van der Waals surface area contributed by atoms with Crippen LogP contribution in [-0.4, -0.2) is 43.9 Å². The predicted molar refractivity (Wildman–Crippen MR) is 145 cm³/mol. The second-order valence-corrected chi connectivity index (χ2v) is 10.8. The number of pyridine rings is 1. The molecule has 1 aliphatic rings. The minimum absolute atomic E-state index is 0.173. The van der Waals surface area contributed by atoms with Gasteiger partial charge in [0.25, 0.3) is 5.91 Å². The van der Waals surface area contributed by atoms with E-state index in [0.29, 0.717) is 34.8 Å². The second kappa shape index (κ2) is 12.0. The number of nitrogens with one attached hydrogen (secondary N) is 2. The summed E-state index contributed by atoms with van der Waals surface area (Å²) in [5.74, 6) is -0.517. The number of benzene rings is 1. The van der Waals surface area contributed by atoms with Crippen molar-refractivity contribution in [2.24, 2.45) is 0 Å². The van der Waals surface area contributed by atoms with Gasteiger partial charge in [-0.3, -0.25) is 14.3 Å². The van der Waals surface area contributed by atoms with Gasteiger partial charge in [-0.2, -0.15) is 5.10 Å². The van der Waals surface area contributed by atoms with E-state index in [2.05, 4.69) is 21.8 Å². The van der Waals surface area contributed by atoms with E-state index in [-0.39, 0.29) is 13.0 Å². The van der Waals surface area contributed by atoms with Crippen molar-refractivity contribution in [2.45, 2.75) is 71.2 Å². The number of ether oxygens (including phenoxy) is 1. The fraction of sp³-hybridized carbons (Fsp3) is 0.429. The van der Waals surface area contributed by atoms with Crippen LogP contribution < -0.4 is 10.6 Å².